The van der Waals surface area contributed by atoms with Crippen molar-refractivity contribution >= 4 is 28.9 Å². The van der Waals surface area contributed by atoms with E-state index in [4.69, 9.17) is 0 Å². The van der Waals surface area contributed by atoms with Crippen LogP contribution in [-0.2, 0) is 9.53 Å². The van der Waals surface area contributed by atoms with Gasteiger partial charge in [-0.05, 0) is 18.6 Å². The molecule has 0 bridgehead atoms. The number of imidazole rings is 1. The van der Waals surface area contributed by atoms with Gasteiger partial charge in [0.2, 0.25) is 0 Å². The maximum atomic E-state index is 11.4. The maximum absolute atomic E-state index is 11.4. The summed E-state index contributed by atoms with van der Waals surface area (Å²) in [6, 6.07) is 0. The van der Waals surface area contributed by atoms with E-state index in [-0.39, 0.29) is 5.97 Å². The largest absolute Gasteiger partial charge is 0.469 e. The van der Waals surface area contributed by atoms with Crippen molar-refractivity contribution in [2.24, 2.45) is 0 Å². The minimum atomic E-state index is -0.509. The maximum Gasteiger partial charge on any atom is 0.347 e. The molecular formula is C11H14N4O4S. The number of nitrogens with zero attached hydrogens (tertiary/aromatic N) is 1. The van der Waals surface area contributed by atoms with E-state index in [1.807, 2.05) is 0 Å². The van der Waals surface area contributed by atoms with Crippen LogP contribution in [0.5, 0.6) is 0 Å². The van der Waals surface area contributed by atoms with Crippen LogP contribution in [0.1, 0.15) is 19.3 Å². The van der Waals surface area contributed by atoms with E-state index in [9.17, 15) is 14.4 Å². The van der Waals surface area contributed by atoms with Gasteiger partial charge in [0.25, 0.3) is 0 Å². The molecule has 0 aromatic carbocycles. The molecule has 3 N–H and O–H groups in total. The molecule has 20 heavy (non-hydrogen) atoms. The summed E-state index contributed by atoms with van der Waals surface area (Å²) in [5.41, 5.74) is -0.0689. The molecule has 2 heterocycles. The van der Waals surface area contributed by atoms with Crippen LogP contribution in [0.2, 0.25) is 0 Å². The van der Waals surface area contributed by atoms with Gasteiger partial charge >= 0.3 is 17.3 Å². The predicted octanol–water partition coefficient (Wildman–Crippen LogP) is 0.375. The molecule has 108 valence electrons. The lowest BCUT2D eigenvalue weighted by molar-refractivity contribution is -0.140. The van der Waals surface area contributed by atoms with Crippen LogP contribution in [0.15, 0.2) is 14.6 Å². The average molecular weight is 298 g/mol. The minimum Gasteiger partial charge on any atom is -0.469 e. The molecule has 0 radical (unpaired) electrons. The first-order valence-corrected chi connectivity index (χ1v) is 7.00. The van der Waals surface area contributed by atoms with Gasteiger partial charge in [-0.25, -0.2) is 9.59 Å². The van der Waals surface area contributed by atoms with Gasteiger partial charge in [-0.15, -0.1) is 11.8 Å². The van der Waals surface area contributed by atoms with Crippen LogP contribution in [0.25, 0.3) is 11.2 Å². The minimum absolute atomic E-state index is 0.235. The van der Waals surface area contributed by atoms with Crippen molar-refractivity contribution < 1.29 is 9.53 Å². The topological polar surface area (TPSA) is 121 Å². The number of hydrogen-bond acceptors (Lipinski definition) is 6. The second-order valence-electron chi connectivity index (χ2n) is 4.06. The number of carbonyl (C=O) groups excluding carboxylic acids is 1. The van der Waals surface area contributed by atoms with E-state index in [1.165, 1.54) is 18.9 Å². The number of aromatic nitrogens is 4. The number of rotatable bonds is 6. The number of hydrogen-bond donors (Lipinski definition) is 3. The van der Waals surface area contributed by atoms with Gasteiger partial charge in [0.15, 0.2) is 0 Å². The molecule has 0 aliphatic carbocycles. The highest BCUT2D eigenvalue weighted by Crippen LogP contribution is 2.21. The predicted molar refractivity (Wildman–Crippen MR) is 73.9 cm³/mol. The highest BCUT2D eigenvalue weighted by molar-refractivity contribution is 7.99. The number of carbonyl (C=O) groups is 1. The summed E-state index contributed by atoms with van der Waals surface area (Å²) in [5, 5.41) is 0.472. The Labute approximate surface area is 117 Å². The molecule has 0 amide bonds. The van der Waals surface area contributed by atoms with Gasteiger partial charge in [-0.1, -0.05) is 0 Å². The molecule has 0 unspecified atom stereocenters. The van der Waals surface area contributed by atoms with Gasteiger partial charge < -0.3 is 9.72 Å². The van der Waals surface area contributed by atoms with Crippen LogP contribution in [-0.4, -0.2) is 38.8 Å². The van der Waals surface area contributed by atoms with Crippen molar-refractivity contribution in [3.63, 3.8) is 0 Å². The summed E-state index contributed by atoms with van der Waals surface area (Å²) in [7, 11) is 1.36. The van der Waals surface area contributed by atoms with Crippen LogP contribution < -0.4 is 11.4 Å². The third-order valence-electron chi connectivity index (χ3n) is 2.62. The molecule has 0 atom stereocenters. The summed E-state index contributed by atoms with van der Waals surface area (Å²) >= 11 is 1.36. The van der Waals surface area contributed by atoms with Gasteiger partial charge in [0, 0.05) is 6.42 Å². The van der Waals surface area contributed by atoms with Gasteiger partial charge in [-0.3, -0.25) is 14.8 Å². The number of methoxy groups -OCH3 is 1. The molecule has 0 aliphatic heterocycles. The van der Waals surface area contributed by atoms with E-state index in [2.05, 4.69) is 24.7 Å². The Kier molecular flexibility index (Phi) is 4.61. The molecule has 0 aliphatic rings. The van der Waals surface area contributed by atoms with E-state index in [1.54, 1.807) is 0 Å². The van der Waals surface area contributed by atoms with Crippen LogP contribution in [0.3, 0.4) is 0 Å². The molecule has 8 nitrogen and oxygen atoms in total. The number of ether oxygens (including phenoxy) is 1. The highest BCUT2D eigenvalue weighted by Gasteiger charge is 2.09. The molecule has 2 aromatic heterocycles. The Hall–Kier alpha value is -2.03. The van der Waals surface area contributed by atoms with Crippen molar-refractivity contribution in [2.45, 2.75) is 24.3 Å². The number of nitrogens with one attached hydrogen (secondary N) is 3. The monoisotopic (exact) mass is 298 g/mol. The second-order valence-corrected chi connectivity index (χ2v) is 5.14. The zero-order valence-electron chi connectivity index (χ0n) is 10.8. The lowest BCUT2D eigenvalue weighted by Gasteiger charge is -2.01. The molecular weight excluding hydrogens is 284 g/mol. The number of esters is 1. The number of unbranched alkanes of at least 4 members (excludes halogenated alkanes) is 1. The van der Waals surface area contributed by atoms with E-state index >= 15 is 0 Å². The van der Waals surface area contributed by atoms with E-state index in [0.717, 1.165) is 6.42 Å². The fourth-order valence-corrected chi connectivity index (χ4v) is 2.65. The summed E-state index contributed by atoms with van der Waals surface area (Å²) in [5.74, 6) is 0.456. The lowest BCUT2D eigenvalue weighted by Crippen LogP contribution is -2.11. The second kappa shape index (κ2) is 6.42. The summed E-state index contributed by atoms with van der Waals surface area (Å²) < 4.78 is 4.54. The Bertz CT molecular complexity index is 717. The van der Waals surface area contributed by atoms with Crippen LogP contribution in [0.4, 0.5) is 0 Å². The Morgan fingerprint density at radius 3 is 2.80 bits per heavy atom. The third kappa shape index (κ3) is 3.50. The van der Waals surface area contributed by atoms with Crippen LogP contribution in [0, 0.1) is 0 Å². The first-order chi connectivity index (χ1) is 9.60. The third-order valence-corrected chi connectivity index (χ3v) is 3.68. The van der Waals surface area contributed by atoms with Crippen molar-refractivity contribution in [3.05, 3.63) is 21.0 Å². The summed E-state index contributed by atoms with van der Waals surface area (Å²) in [6.45, 7) is 0. The van der Waals surface area contributed by atoms with Gasteiger partial charge in [0.05, 0.1) is 7.11 Å². The molecule has 0 fully saturated rings. The highest BCUT2D eigenvalue weighted by atomic mass is 32.2. The summed E-state index contributed by atoms with van der Waals surface area (Å²) in [6.07, 6.45) is 1.86. The van der Waals surface area contributed by atoms with Crippen molar-refractivity contribution in [1.29, 1.82) is 0 Å². The number of H-pyrrole nitrogens is 3. The normalized spacial score (nSPS) is 10.8. The van der Waals surface area contributed by atoms with Crippen molar-refractivity contribution in [3.8, 4) is 0 Å². The average Bonchev–Trinajstić information content (AvgIpc) is 2.78. The Morgan fingerprint density at radius 1 is 1.25 bits per heavy atom. The Balaban J connectivity index is 1.98. The fraction of sp³-hybridized carbons (Fsp3) is 0.455. The van der Waals surface area contributed by atoms with Gasteiger partial charge in [-0.2, -0.15) is 4.98 Å². The zero-order valence-corrected chi connectivity index (χ0v) is 11.6. The van der Waals surface area contributed by atoms with Crippen LogP contribution >= 0.6 is 11.8 Å². The quantitative estimate of drug-likeness (QED) is 0.307. The lowest BCUT2D eigenvalue weighted by atomic mass is 10.2. The van der Waals surface area contributed by atoms with Crippen molar-refractivity contribution in [1.82, 2.24) is 19.9 Å². The SMILES string of the molecule is COC(=O)CCCCSc1nc(=O)[nH]c2[nH]c(=O)[nH]c12. The number of aromatic amines is 3. The van der Waals surface area contributed by atoms with Gasteiger partial charge in [0.1, 0.15) is 16.2 Å². The zero-order chi connectivity index (χ0) is 14.5. The summed E-state index contributed by atoms with van der Waals surface area (Å²) in [4.78, 5) is 44.9. The number of thioether (sulfide) groups is 1. The molecule has 2 aromatic rings. The van der Waals surface area contributed by atoms with E-state index in [0.29, 0.717) is 34.8 Å². The fourth-order valence-electron chi connectivity index (χ4n) is 1.67. The molecule has 2 rings (SSSR count). The van der Waals surface area contributed by atoms with E-state index < -0.39 is 11.4 Å². The first kappa shape index (κ1) is 14.4. The standard InChI is InChI=1S/C11H14N4O4S/c1-19-6(16)4-2-3-5-20-9-7-8(13-10(17)12-7)14-11(18)15-9/h2-5H2,1H3,(H3,12,13,14,15,17,18). The van der Waals surface area contributed by atoms with Crippen molar-refractivity contribution in [2.75, 3.05) is 12.9 Å². The Morgan fingerprint density at radius 2 is 2.05 bits per heavy atom. The molecule has 0 saturated carbocycles. The smallest absolute Gasteiger partial charge is 0.347 e. The number of fused-ring (bicyclic) bond motifs is 1. The molecule has 0 saturated heterocycles. The molecule has 0 spiro atoms. The first-order valence-electron chi connectivity index (χ1n) is 6.02. The molecule has 9 heteroatoms.